The topological polar surface area (TPSA) is 60.5 Å². The van der Waals surface area contributed by atoms with E-state index >= 15 is 0 Å². The predicted octanol–water partition coefficient (Wildman–Crippen LogP) is 3.03. The Kier molecular flexibility index (Phi) is 5.93. The SMILES string of the molecule is COCCOc1nc(C(=O)N[C@@H](C)C(C)C)cc2ccccc12. The van der Waals surface area contributed by atoms with E-state index in [0.29, 0.717) is 30.7 Å². The number of hydrogen-bond acceptors (Lipinski definition) is 4. The lowest BCUT2D eigenvalue weighted by molar-refractivity contribution is 0.0924. The summed E-state index contributed by atoms with van der Waals surface area (Å²) in [7, 11) is 1.62. The summed E-state index contributed by atoms with van der Waals surface area (Å²) in [6.45, 7) is 6.98. The van der Waals surface area contributed by atoms with E-state index in [2.05, 4.69) is 24.1 Å². The quantitative estimate of drug-likeness (QED) is 0.798. The number of pyridine rings is 1. The Labute approximate surface area is 137 Å². The van der Waals surface area contributed by atoms with Crippen LogP contribution in [0.4, 0.5) is 0 Å². The van der Waals surface area contributed by atoms with Crippen LogP contribution in [0.5, 0.6) is 5.88 Å². The molecule has 0 aliphatic carbocycles. The number of ether oxygens (including phenoxy) is 2. The van der Waals surface area contributed by atoms with E-state index in [-0.39, 0.29) is 11.9 Å². The van der Waals surface area contributed by atoms with Crippen molar-refractivity contribution in [3.8, 4) is 5.88 Å². The monoisotopic (exact) mass is 316 g/mol. The van der Waals surface area contributed by atoms with Crippen LogP contribution in [0.25, 0.3) is 10.8 Å². The third kappa shape index (κ3) is 4.42. The lowest BCUT2D eigenvalue weighted by Crippen LogP contribution is -2.36. The molecular formula is C18H24N2O3. The number of hydrogen-bond donors (Lipinski definition) is 1. The van der Waals surface area contributed by atoms with Crippen LogP contribution in [0.2, 0.25) is 0 Å². The molecule has 0 saturated heterocycles. The van der Waals surface area contributed by atoms with Crippen molar-refractivity contribution in [1.29, 1.82) is 0 Å². The normalized spacial score (nSPS) is 12.4. The Morgan fingerprint density at radius 3 is 2.65 bits per heavy atom. The first-order chi connectivity index (χ1) is 11.0. The van der Waals surface area contributed by atoms with Crippen molar-refractivity contribution in [2.24, 2.45) is 5.92 Å². The van der Waals surface area contributed by atoms with Crippen LogP contribution < -0.4 is 10.1 Å². The molecule has 0 saturated carbocycles. The molecule has 0 fully saturated rings. The van der Waals surface area contributed by atoms with Gasteiger partial charge in [0, 0.05) is 18.5 Å². The van der Waals surface area contributed by atoms with Gasteiger partial charge in [-0.3, -0.25) is 4.79 Å². The molecule has 2 aromatic rings. The molecule has 0 spiro atoms. The minimum absolute atomic E-state index is 0.0774. The molecule has 1 amide bonds. The van der Waals surface area contributed by atoms with Crippen molar-refractivity contribution in [2.75, 3.05) is 20.3 Å². The highest BCUT2D eigenvalue weighted by atomic mass is 16.5. The number of fused-ring (bicyclic) bond motifs is 1. The zero-order valence-electron chi connectivity index (χ0n) is 14.1. The Hall–Kier alpha value is -2.14. The number of aromatic nitrogens is 1. The molecule has 5 nitrogen and oxygen atoms in total. The molecule has 0 aliphatic heterocycles. The maximum atomic E-state index is 12.4. The molecule has 1 aromatic carbocycles. The van der Waals surface area contributed by atoms with Gasteiger partial charge in [-0.2, -0.15) is 0 Å². The fourth-order valence-electron chi connectivity index (χ4n) is 2.06. The zero-order valence-corrected chi connectivity index (χ0v) is 14.1. The lowest BCUT2D eigenvalue weighted by atomic mass is 10.1. The number of rotatable bonds is 7. The molecule has 0 aliphatic rings. The van der Waals surface area contributed by atoms with Gasteiger partial charge in [-0.25, -0.2) is 4.98 Å². The summed E-state index contributed by atoms with van der Waals surface area (Å²) in [5.74, 6) is 0.632. The zero-order chi connectivity index (χ0) is 16.8. The van der Waals surface area contributed by atoms with E-state index in [0.717, 1.165) is 10.8 Å². The Balaban J connectivity index is 2.31. The van der Waals surface area contributed by atoms with Crippen molar-refractivity contribution < 1.29 is 14.3 Å². The molecule has 2 rings (SSSR count). The smallest absolute Gasteiger partial charge is 0.270 e. The first-order valence-electron chi connectivity index (χ1n) is 7.85. The van der Waals surface area contributed by atoms with Gasteiger partial charge >= 0.3 is 0 Å². The largest absolute Gasteiger partial charge is 0.475 e. The minimum Gasteiger partial charge on any atom is -0.475 e. The van der Waals surface area contributed by atoms with Gasteiger partial charge in [-0.05, 0) is 30.4 Å². The summed E-state index contributed by atoms with van der Waals surface area (Å²) in [6, 6.07) is 9.61. The number of nitrogens with zero attached hydrogens (tertiary/aromatic N) is 1. The van der Waals surface area contributed by atoms with Crippen LogP contribution in [0, 0.1) is 5.92 Å². The van der Waals surface area contributed by atoms with Gasteiger partial charge in [0.25, 0.3) is 5.91 Å². The number of amides is 1. The molecule has 0 unspecified atom stereocenters. The van der Waals surface area contributed by atoms with E-state index in [4.69, 9.17) is 9.47 Å². The van der Waals surface area contributed by atoms with Crippen LogP contribution in [-0.2, 0) is 4.74 Å². The molecule has 1 N–H and O–H groups in total. The molecule has 124 valence electrons. The number of methoxy groups -OCH3 is 1. The maximum Gasteiger partial charge on any atom is 0.270 e. The predicted molar refractivity (Wildman–Crippen MR) is 90.9 cm³/mol. The summed E-state index contributed by atoms with van der Waals surface area (Å²) >= 11 is 0. The van der Waals surface area contributed by atoms with Crippen molar-refractivity contribution in [3.63, 3.8) is 0 Å². The average molecular weight is 316 g/mol. The number of nitrogens with one attached hydrogen (secondary N) is 1. The van der Waals surface area contributed by atoms with Crippen LogP contribution in [-0.4, -0.2) is 37.3 Å². The summed E-state index contributed by atoms with van der Waals surface area (Å²) in [6.07, 6.45) is 0. The highest BCUT2D eigenvalue weighted by molar-refractivity contribution is 5.98. The third-order valence-corrected chi connectivity index (χ3v) is 3.82. The van der Waals surface area contributed by atoms with Gasteiger partial charge in [0.2, 0.25) is 5.88 Å². The van der Waals surface area contributed by atoms with Crippen molar-refractivity contribution in [1.82, 2.24) is 10.3 Å². The highest BCUT2D eigenvalue weighted by Crippen LogP contribution is 2.24. The van der Waals surface area contributed by atoms with Gasteiger partial charge in [0.15, 0.2) is 0 Å². The second-order valence-electron chi connectivity index (χ2n) is 5.88. The van der Waals surface area contributed by atoms with E-state index in [1.165, 1.54) is 0 Å². The average Bonchev–Trinajstić information content (AvgIpc) is 2.54. The standard InChI is InChI=1S/C18H24N2O3/c1-12(2)13(3)19-17(21)16-11-14-7-5-6-8-15(14)18(20-16)23-10-9-22-4/h5-8,11-13H,9-10H2,1-4H3,(H,19,21)/t13-/m0/s1. The van der Waals surface area contributed by atoms with Crippen LogP contribution in [0.1, 0.15) is 31.3 Å². The molecule has 23 heavy (non-hydrogen) atoms. The van der Waals surface area contributed by atoms with Crippen molar-refractivity contribution >= 4 is 16.7 Å². The summed E-state index contributed by atoms with van der Waals surface area (Å²) in [5, 5.41) is 4.79. The maximum absolute atomic E-state index is 12.4. The molecular weight excluding hydrogens is 292 g/mol. The Morgan fingerprint density at radius 2 is 1.96 bits per heavy atom. The first-order valence-corrected chi connectivity index (χ1v) is 7.85. The molecule has 0 bridgehead atoms. The minimum atomic E-state index is -0.187. The van der Waals surface area contributed by atoms with Crippen molar-refractivity contribution in [3.05, 3.63) is 36.0 Å². The molecule has 1 aromatic heterocycles. The highest BCUT2D eigenvalue weighted by Gasteiger charge is 2.16. The van der Waals surface area contributed by atoms with Gasteiger partial charge < -0.3 is 14.8 Å². The molecule has 1 heterocycles. The first kappa shape index (κ1) is 17.2. The summed E-state index contributed by atoms with van der Waals surface area (Å²) in [4.78, 5) is 16.8. The van der Waals surface area contributed by atoms with E-state index in [1.54, 1.807) is 13.2 Å². The summed E-state index contributed by atoms with van der Waals surface area (Å²) in [5.41, 5.74) is 0.364. The van der Waals surface area contributed by atoms with Gasteiger partial charge in [-0.1, -0.05) is 32.0 Å². The van der Waals surface area contributed by atoms with Crippen LogP contribution in [0.15, 0.2) is 30.3 Å². The Bertz CT molecular complexity index is 670. The number of carbonyl (C=O) groups excluding carboxylic acids is 1. The van der Waals surface area contributed by atoms with Crippen molar-refractivity contribution in [2.45, 2.75) is 26.8 Å². The molecule has 5 heteroatoms. The lowest BCUT2D eigenvalue weighted by Gasteiger charge is -2.17. The Morgan fingerprint density at radius 1 is 1.22 bits per heavy atom. The van der Waals surface area contributed by atoms with Gasteiger partial charge in [0.1, 0.15) is 12.3 Å². The number of benzene rings is 1. The number of carbonyl (C=O) groups is 1. The van der Waals surface area contributed by atoms with Crippen LogP contribution >= 0.6 is 0 Å². The fourth-order valence-corrected chi connectivity index (χ4v) is 2.06. The van der Waals surface area contributed by atoms with Crippen LogP contribution in [0.3, 0.4) is 0 Å². The van der Waals surface area contributed by atoms with E-state index < -0.39 is 0 Å². The fraction of sp³-hybridized carbons (Fsp3) is 0.444. The molecule has 0 radical (unpaired) electrons. The van der Waals surface area contributed by atoms with Gasteiger partial charge in [-0.15, -0.1) is 0 Å². The van der Waals surface area contributed by atoms with E-state index in [1.807, 2.05) is 31.2 Å². The van der Waals surface area contributed by atoms with Gasteiger partial charge in [0.05, 0.1) is 6.61 Å². The second-order valence-corrected chi connectivity index (χ2v) is 5.88. The van der Waals surface area contributed by atoms with E-state index in [9.17, 15) is 4.79 Å². The second kappa shape index (κ2) is 7.92. The molecule has 1 atom stereocenters. The third-order valence-electron chi connectivity index (χ3n) is 3.82. The summed E-state index contributed by atoms with van der Waals surface area (Å²) < 4.78 is 10.7.